The fourth-order valence-electron chi connectivity index (χ4n) is 4.98. The third kappa shape index (κ3) is 4.54. The van der Waals surface area contributed by atoms with E-state index >= 15 is 0 Å². The molecule has 3 N–H and O–H groups in total. The zero-order valence-corrected chi connectivity index (χ0v) is 21.3. The van der Waals surface area contributed by atoms with Crippen LogP contribution in [-0.4, -0.2) is 78.4 Å². The molecule has 190 valence electrons. The monoisotopic (exact) mass is 505 g/mol. The minimum Gasteiger partial charge on any atom is -0.360 e. The summed E-state index contributed by atoms with van der Waals surface area (Å²) in [6.45, 7) is 5.80. The Bertz CT molecular complexity index is 1290. The molecular weight excluding hydrogens is 473 g/mol. The van der Waals surface area contributed by atoms with Gasteiger partial charge in [0.25, 0.3) is 0 Å². The van der Waals surface area contributed by atoms with E-state index < -0.39 is 34.2 Å². The van der Waals surface area contributed by atoms with E-state index in [1.807, 2.05) is 13.8 Å². The number of aromatic nitrogens is 1. The Labute approximate surface area is 204 Å². The molecule has 35 heavy (non-hydrogen) atoms. The van der Waals surface area contributed by atoms with Crippen LogP contribution in [0.3, 0.4) is 0 Å². The summed E-state index contributed by atoms with van der Waals surface area (Å²) in [5, 5.41) is 6.47. The molecule has 2 aromatic rings. The van der Waals surface area contributed by atoms with Crippen molar-refractivity contribution in [3.8, 4) is 0 Å². The second kappa shape index (κ2) is 9.27. The molecule has 0 saturated carbocycles. The molecule has 0 radical (unpaired) electrons. The second-order valence-electron chi connectivity index (χ2n) is 9.64. The van der Waals surface area contributed by atoms with Crippen molar-refractivity contribution in [2.45, 2.75) is 51.4 Å². The van der Waals surface area contributed by atoms with Crippen molar-refractivity contribution in [2.75, 3.05) is 19.8 Å². The number of halogens is 1. The molecule has 9 nitrogen and oxygen atoms in total. The third-order valence-corrected chi connectivity index (χ3v) is 8.10. The molecule has 2 aliphatic rings. The lowest BCUT2D eigenvalue weighted by molar-refractivity contribution is -0.138. The summed E-state index contributed by atoms with van der Waals surface area (Å²) in [5.41, 5.74) is 1.97. The van der Waals surface area contributed by atoms with Crippen LogP contribution < -0.4 is 10.6 Å². The average molecular weight is 506 g/mol. The molecule has 1 fully saturated rings. The molecule has 0 aliphatic carbocycles. The molecule has 3 heterocycles. The Morgan fingerprint density at radius 1 is 1.23 bits per heavy atom. The van der Waals surface area contributed by atoms with Gasteiger partial charge in [0.1, 0.15) is 11.9 Å². The van der Waals surface area contributed by atoms with E-state index in [1.165, 1.54) is 16.4 Å². The number of hydrogen-bond acceptors (Lipinski definition) is 5. The fourth-order valence-corrected chi connectivity index (χ4v) is 6.00. The Morgan fingerprint density at radius 2 is 1.94 bits per heavy atom. The van der Waals surface area contributed by atoms with Gasteiger partial charge in [-0.3, -0.25) is 13.9 Å². The number of rotatable bonds is 7. The van der Waals surface area contributed by atoms with Crippen molar-refractivity contribution in [2.24, 2.45) is 5.92 Å². The smallest absolute Gasteiger partial charge is 0.246 e. The van der Waals surface area contributed by atoms with Gasteiger partial charge in [0, 0.05) is 41.0 Å². The van der Waals surface area contributed by atoms with Crippen molar-refractivity contribution in [3.05, 3.63) is 42.0 Å². The molecule has 0 bridgehead atoms. The highest BCUT2D eigenvalue weighted by Crippen LogP contribution is 2.43. The third-order valence-electron chi connectivity index (χ3n) is 6.96. The van der Waals surface area contributed by atoms with E-state index in [2.05, 4.69) is 15.6 Å². The summed E-state index contributed by atoms with van der Waals surface area (Å²) in [6, 6.07) is 2.17. The molecule has 1 aromatic heterocycles. The number of benzene rings is 1. The quantitative estimate of drug-likeness (QED) is 0.529. The van der Waals surface area contributed by atoms with Crippen molar-refractivity contribution < 1.29 is 22.4 Å². The van der Waals surface area contributed by atoms with E-state index in [4.69, 9.17) is 0 Å². The molecule has 4 atom stereocenters. The van der Waals surface area contributed by atoms with Gasteiger partial charge in [-0.15, -0.1) is 0 Å². The lowest BCUT2D eigenvalue weighted by Crippen LogP contribution is -2.56. The predicted molar refractivity (Wildman–Crippen MR) is 132 cm³/mol. The summed E-state index contributed by atoms with van der Waals surface area (Å²) >= 11 is 0. The molecule has 4 rings (SSSR count). The number of sulfonamides is 1. The van der Waals surface area contributed by atoms with E-state index in [-0.39, 0.29) is 23.5 Å². The van der Waals surface area contributed by atoms with E-state index in [1.54, 1.807) is 37.3 Å². The standard InChI is InChI=1S/C24H32FN5O4S/c1-13(2)21(28-23(31)14(3)26-4)24(32)29-9-8-20-22(29)18(12-30(20)35(5,33)34)17-11-27-19-10-15(25)6-7-16(17)19/h6-7,10-14,20-22,26-27H,8-9H2,1-5H3,(H,28,31). The van der Waals surface area contributed by atoms with Crippen molar-refractivity contribution in [3.63, 3.8) is 0 Å². The summed E-state index contributed by atoms with van der Waals surface area (Å²) < 4.78 is 40.3. The van der Waals surface area contributed by atoms with Gasteiger partial charge < -0.3 is 20.5 Å². The zero-order valence-electron chi connectivity index (χ0n) is 20.5. The van der Waals surface area contributed by atoms with Crippen LogP contribution in [-0.2, 0) is 19.6 Å². The van der Waals surface area contributed by atoms with Gasteiger partial charge in [0.05, 0.1) is 24.4 Å². The van der Waals surface area contributed by atoms with Crippen LogP contribution in [0.1, 0.15) is 32.8 Å². The number of amides is 2. The van der Waals surface area contributed by atoms with Crippen LogP contribution in [0.15, 0.2) is 30.6 Å². The van der Waals surface area contributed by atoms with Crippen LogP contribution in [0.25, 0.3) is 16.5 Å². The van der Waals surface area contributed by atoms with E-state index in [0.29, 0.717) is 24.1 Å². The van der Waals surface area contributed by atoms with Crippen LogP contribution in [0.2, 0.25) is 0 Å². The number of nitrogens with one attached hydrogen (secondary N) is 3. The number of carbonyl (C=O) groups excluding carboxylic acids is 2. The van der Waals surface area contributed by atoms with Gasteiger partial charge in [-0.1, -0.05) is 13.8 Å². The number of nitrogens with zero attached hydrogens (tertiary/aromatic N) is 2. The predicted octanol–water partition coefficient (Wildman–Crippen LogP) is 1.64. The normalized spacial score (nSPS) is 21.9. The van der Waals surface area contributed by atoms with Crippen LogP contribution >= 0.6 is 0 Å². The maximum atomic E-state index is 13.8. The van der Waals surface area contributed by atoms with Gasteiger partial charge in [0.2, 0.25) is 21.8 Å². The highest BCUT2D eigenvalue weighted by atomic mass is 32.2. The molecular formula is C24H32FN5O4S. The summed E-state index contributed by atoms with van der Waals surface area (Å²) in [7, 11) is -1.92. The van der Waals surface area contributed by atoms with Gasteiger partial charge in [-0.05, 0) is 44.5 Å². The largest absolute Gasteiger partial charge is 0.360 e. The lowest BCUT2D eigenvalue weighted by atomic mass is 9.95. The maximum Gasteiger partial charge on any atom is 0.246 e. The minimum atomic E-state index is -3.59. The van der Waals surface area contributed by atoms with Gasteiger partial charge in [-0.2, -0.15) is 0 Å². The molecule has 1 saturated heterocycles. The first-order valence-electron chi connectivity index (χ1n) is 11.7. The Hall–Kier alpha value is -2.92. The number of fused-ring (bicyclic) bond motifs is 2. The highest BCUT2D eigenvalue weighted by Gasteiger charge is 2.50. The number of hydrogen-bond donors (Lipinski definition) is 3. The first-order chi connectivity index (χ1) is 16.4. The summed E-state index contributed by atoms with van der Waals surface area (Å²) in [5.74, 6) is -1.10. The summed E-state index contributed by atoms with van der Waals surface area (Å²) in [6.07, 6.45) is 4.92. The number of likely N-dealkylation sites (tertiary alicyclic amines) is 1. The number of likely N-dealkylation sites (N-methyl/N-ethyl adjacent to an activating group) is 1. The molecule has 2 amide bonds. The minimum absolute atomic E-state index is 0.175. The van der Waals surface area contributed by atoms with Crippen molar-refractivity contribution in [1.29, 1.82) is 0 Å². The molecule has 2 aliphatic heterocycles. The molecule has 4 unspecified atom stereocenters. The fraction of sp³-hybridized carbons (Fsp3) is 0.500. The first kappa shape index (κ1) is 25.2. The Morgan fingerprint density at radius 3 is 2.57 bits per heavy atom. The van der Waals surface area contributed by atoms with Crippen LogP contribution in [0.5, 0.6) is 0 Å². The number of H-pyrrole nitrogens is 1. The van der Waals surface area contributed by atoms with Crippen LogP contribution in [0, 0.1) is 11.7 Å². The number of aromatic amines is 1. The van der Waals surface area contributed by atoms with E-state index in [0.717, 1.165) is 17.2 Å². The number of carbonyl (C=O) groups is 2. The second-order valence-corrected chi connectivity index (χ2v) is 11.5. The Balaban J connectivity index is 1.74. The zero-order chi connectivity index (χ0) is 25.7. The van der Waals surface area contributed by atoms with Gasteiger partial charge >= 0.3 is 0 Å². The first-order valence-corrected chi connectivity index (χ1v) is 13.5. The van der Waals surface area contributed by atoms with Gasteiger partial charge in [0.15, 0.2) is 0 Å². The molecule has 0 spiro atoms. The van der Waals surface area contributed by atoms with E-state index in [9.17, 15) is 22.4 Å². The topological polar surface area (TPSA) is 115 Å². The van der Waals surface area contributed by atoms with Gasteiger partial charge in [-0.25, -0.2) is 12.8 Å². The molecule has 1 aromatic carbocycles. The van der Waals surface area contributed by atoms with Crippen LogP contribution in [0.4, 0.5) is 4.39 Å². The van der Waals surface area contributed by atoms with Crippen molar-refractivity contribution in [1.82, 2.24) is 24.8 Å². The maximum absolute atomic E-state index is 13.8. The average Bonchev–Trinajstić information content (AvgIpc) is 3.49. The molecule has 11 heteroatoms. The highest BCUT2D eigenvalue weighted by molar-refractivity contribution is 7.88. The SMILES string of the molecule is CNC(C)C(=O)NC(C(=O)N1CCC2C1C(c1c[nH]c3cc(F)ccc13)=CN2S(C)(=O)=O)C(C)C. The summed E-state index contributed by atoms with van der Waals surface area (Å²) in [4.78, 5) is 31.1. The lowest BCUT2D eigenvalue weighted by Gasteiger charge is -2.32. The Kier molecular flexibility index (Phi) is 6.67. The van der Waals surface area contributed by atoms with Crippen molar-refractivity contribution >= 4 is 38.3 Å².